The van der Waals surface area contributed by atoms with Crippen molar-refractivity contribution >= 4 is 46.0 Å². The van der Waals surface area contributed by atoms with Crippen LogP contribution in [-0.4, -0.2) is 69.5 Å². The second kappa shape index (κ2) is 10.6. The molecular weight excluding hydrogens is 502 g/mol. The summed E-state index contributed by atoms with van der Waals surface area (Å²) in [5.41, 5.74) is 1.41. The van der Waals surface area contributed by atoms with E-state index in [1.54, 1.807) is 21.9 Å². The fraction of sp³-hybridized carbons (Fsp3) is 0.320. The second-order valence-corrected chi connectivity index (χ2v) is 10.4. The molecule has 0 atom stereocenters. The van der Waals surface area contributed by atoms with Crippen LogP contribution in [-0.2, 0) is 4.74 Å². The van der Waals surface area contributed by atoms with Crippen LogP contribution in [0.25, 0.3) is 11.3 Å². The Hall–Kier alpha value is -3.50. The lowest BCUT2D eigenvalue weighted by atomic mass is 10.2. The molecule has 11 heteroatoms. The molecule has 0 aliphatic carbocycles. The van der Waals surface area contributed by atoms with Crippen LogP contribution in [0.15, 0.2) is 48.0 Å². The lowest BCUT2D eigenvalue weighted by molar-refractivity contribution is 0.0141. The van der Waals surface area contributed by atoms with Crippen LogP contribution in [0.2, 0.25) is 5.02 Å². The van der Waals surface area contributed by atoms with Gasteiger partial charge in [0.05, 0.1) is 11.3 Å². The Bertz CT molecular complexity index is 1260. The molecule has 1 fully saturated rings. The topological polar surface area (TPSA) is 105 Å². The van der Waals surface area contributed by atoms with Crippen LogP contribution < -0.4 is 5.32 Å². The first kappa shape index (κ1) is 25.6. The van der Waals surface area contributed by atoms with Crippen molar-refractivity contribution in [2.75, 3.05) is 31.5 Å². The monoisotopic (exact) mass is 527 g/mol. The summed E-state index contributed by atoms with van der Waals surface area (Å²) in [5, 5.41) is 5.54. The van der Waals surface area contributed by atoms with Crippen molar-refractivity contribution in [3.05, 3.63) is 64.3 Å². The highest BCUT2D eigenvalue weighted by Gasteiger charge is 2.28. The third-order valence-electron chi connectivity index (χ3n) is 5.34. The maximum absolute atomic E-state index is 12.9. The smallest absolute Gasteiger partial charge is 0.410 e. The van der Waals surface area contributed by atoms with Gasteiger partial charge in [-0.05, 0) is 39.0 Å². The number of benzene rings is 1. The van der Waals surface area contributed by atoms with E-state index in [4.69, 9.17) is 16.3 Å². The average molecular weight is 528 g/mol. The van der Waals surface area contributed by atoms with Gasteiger partial charge in [-0.1, -0.05) is 29.8 Å². The predicted octanol–water partition coefficient (Wildman–Crippen LogP) is 4.80. The zero-order valence-electron chi connectivity index (χ0n) is 20.2. The molecule has 1 N–H and O–H groups in total. The quantitative estimate of drug-likeness (QED) is 0.522. The minimum absolute atomic E-state index is 0.163. The lowest BCUT2D eigenvalue weighted by Gasteiger charge is -2.35. The maximum atomic E-state index is 12.9. The molecule has 3 aromatic rings. The summed E-state index contributed by atoms with van der Waals surface area (Å²) in [5.74, 6) is -0.636. The van der Waals surface area contributed by atoms with E-state index in [2.05, 4.69) is 15.3 Å². The van der Waals surface area contributed by atoms with Crippen molar-refractivity contribution in [2.45, 2.75) is 26.4 Å². The number of carbonyl (C=O) groups is 3. The Morgan fingerprint density at radius 3 is 2.36 bits per heavy atom. The third kappa shape index (κ3) is 6.19. The van der Waals surface area contributed by atoms with E-state index in [0.717, 1.165) is 5.56 Å². The molecule has 1 saturated heterocycles. The SMILES string of the molecule is CC(C)(C)OC(=O)N1CCN(C(=O)c2ccc(C(=O)Nc3nc(-c4ccccc4Cl)cs3)nc2)CC1. The molecule has 1 aliphatic heterocycles. The van der Waals surface area contributed by atoms with Gasteiger partial charge >= 0.3 is 6.09 Å². The molecule has 3 heterocycles. The molecule has 0 radical (unpaired) electrons. The molecule has 4 rings (SSSR count). The van der Waals surface area contributed by atoms with Crippen molar-refractivity contribution in [3.63, 3.8) is 0 Å². The lowest BCUT2D eigenvalue weighted by Crippen LogP contribution is -2.51. The van der Waals surface area contributed by atoms with Gasteiger partial charge in [-0.15, -0.1) is 11.3 Å². The highest BCUT2D eigenvalue weighted by molar-refractivity contribution is 7.14. The number of hydrogen-bond donors (Lipinski definition) is 1. The number of thiazole rings is 1. The Labute approximate surface area is 218 Å². The summed E-state index contributed by atoms with van der Waals surface area (Å²) >= 11 is 7.50. The molecular formula is C25H26ClN5O4S. The Morgan fingerprint density at radius 1 is 1.03 bits per heavy atom. The molecule has 2 aromatic heterocycles. The number of aromatic nitrogens is 2. The standard InChI is InChI=1S/C25H26ClN5O4S/c1-25(2,3)35-24(34)31-12-10-30(11-13-31)22(33)16-8-9-19(27-14-16)21(32)29-23-28-20(15-36-23)17-6-4-5-7-18(17)26/h4-9,14-15H,10-13H2,1-3H3,(H,28,29,32). The average Bonchev–Trinajstić information content (AvgIpc) is 3.31. The fourth-order valence-corrected chi connectivity index (χ4v) is 4.48. The van der Waals surface area contributed by atoms with E-state index in [9.17, 15) is 14.4 Å². The maximum Gasteiger partial charge on any atom is 0.410 e. The number of rotatable bonds is 4. The molecule has 36 heavy (non-hydrogen) atoms. The van der Waals surface area contributed by atoms with E-state index in [1.807, 2.05) is 44.4 Å². The van der Waals surface area contributed by atoms with Gasteiger partial charge in [0.1, 0.15) is 11.3 Å². The third-order valence-corrected chi connectivity index (χ3v) is 6.42. The van der Waals surface area contributed by atoms with Gasteiger partial charge in [-0.25, -0.2) is 9.78 Å². The molecule has 0 saturated carbocycles. The summed E-state index contributed by atoms with van der Waals surface area (Å²) < 4.78 is 5.39. The summed E-state index contributed by atoms with van der Waals surface area (Å²) in [6.45, 7) is 7.00. The van der Waals surface area contributed by atoms with Gasteiger partial charge in [0.15, 0.2) is 5.13 Å². The van der Waals surface area contributed by atoms with Crippen LogP contribution >= 0.6 is 22.9 Å². The summed E-state index contributed by atoms with van der Waals surface area (Å²) in [6.07, 6.45) is 1.000. The highest BCUT2D eigenvalue weighted by atomic mass is 35.5. The van der Waals surface area contributed by atoms with E-state index in [-0.39, 0.29) is 17.7 Å². The summed E-state index contributed by atoms with van der Waals surface area (Å²) in [6, 6.07) is 10.4. The number of ether oxygens (including phenoxy) is 1. The minimum Gasteiger partial charge on any atom is -0.444 e. The predicted molar refractivity (Wildman–Crippen MR) is 138 cm³/mol. The molecule has 1 aromatic carbocycles. The van der Waals surface area contributed by atoms with Crippen molar-refractivity contribution < 1.29 is 19.1 Å². The van der Waals surface area contributed by atoms with Gasteiger partial charge in [0.2, 0.25) is 0 Å². The van der Waals surface area contributed by atoms with E-state index in [1.165, 1.54) is 23.6 Å². The molecule has 1 aliphatic rings. The van der Waals surface area contributed by atoms with Crippen LogP contribution in [0.5, 0.6) is 0 Å². The number of pyridine rings is 1. The first-order valence-electron chi connectivity index (χ1n) is 11.4. The van der Waals surface area contributed by atoms with Crippen LogP contribution in [0.1, 0.15) is 41.6 Å². The molecule has 0 spiro atoms. The van der Waals surface area contributed by atoms with Crippen molar-refractivity contribution in [1.29, 1.82) is 0 Å². The van der Waals surface area contributed by atoms with Gasteiger partial charge in [0.25, 0.3) is 11.8 Å². The van der Waals surface area contributed by atoms with Crippen molar-refractivity contribution in [2.24, 2.45) is 0 Å². The molecule has 3 amide bonds. The second-order valence-electron chi connectivity index (χ2n) is 9.16. The number of amides is 3. The molecule has 188 valence electrons. The van der Waals surface area contributed by atoms with E-state index in [0.29, 0.717) is 47.6 Å². The van der Waals surface area contributed by atoms with Crippen LogP contribution in [0, 0.1) is 0 Å². The molecule has 0 unspecified atom stereocenters. The highest BCUT2D eigenvalue weighted by Crippen LogP contribution is 2.30. The Balaban J connectivity index is 1.33. The van der Waals surface area contributed by atoms with Gasteiger partial charge < -0.3 is 14.5 Å². The number of carbonyl (C=O) groups excluding carboxylic acids is 3. The number of nitrogens with zero attached hydrogens (tertiary/aromatic N) is 4. The van der Waals surface area contributed by atoms with Gasteiger partial charge in [0, 0.05) is 48.3 Å². The fourth-order valence-electron chi connectivity index (χ4n) is 3.54. The van der Waals surface area contributed by atoms with Crippen LogP contribution in [0.3, 0.4) is 0 Å². The van der Waals surface area contributed by atoms with E-state index < -0.39 is 11.5 Å². The molecule has 9 nitrogen and oxygen atoms in total. The Morgan fingerprint density at radius 2 is 1.72 bits per heavy atom. The van der Waals surface area contributed by atoms with Gasteiger partial charge in [-0.2, -0.15) is 0 Å². The number of anilines is 1. The number of nitrogens with one attached hydrogen (secondary N) is 1. The minimum atomic E-state index is -0.568. The van der Waals surface area contributed by atoms with Gasteiger partial charge in [-0.3, -0.25) is 19.9 Å². The van der Waals surface area contributed by atoms with Crippen molar-refractivity contribution in [1.82, 2.24) is 19.8 Å². The zero-order valence-corrected chi connectivity index (χ0v) is 21.7. The number of halogens is 1. The number of piperazine rings is 1. The summed E-state index contributed by atoms with van der Waals surface area (Å²) in [4.78, 5) is 49.6. The first-order chi connectivity index (χ1) is 17.1. The first-order valence-corrected chi connectivity index (χ1v) is 12.6. The molecule has 0 bridgehead atoms. The number of hydrogen-bond acceptors (Lipinski definition) is 7. The zero-order chi connectivity index (χ0) is 25.9. The summed E-state index contributed by atoms with van der Waals surface area (Å²) in [7, 11) is 0. The Kier molecular flexibility index (Phi) is 7.56. The van der Waals surface area contributed by atoms with Crippen LogP contribution in [0.4, 0.5) is 9.93 Å². The largest absolute Gasteiger partial charge is 0.444 e. The van der Waals surface area contributed by atoms with Crippen molar-refractivity contribution in [3.8, 4) is 11.3 Å². The normalized spacial score (nSPS) is 13.9. The van der Waals surface area contributed by atoms with E-state index >= 15 is 0 Å².